The van der Waals surface area contributed by atoms with Crippen molar-refractivity contribution >= 4 is 15.5 Å². The van der Waals surface area contributed by atoms with E-state index in [0.717, 1.165) is 23.7 Å². The topological polar surface area (TPSA) is 126 Å². The number of hydrogen-bond donors (Lipinski definition) is 0. The van der Waals surface area contributed by atoms with E-state index in [1.165, 1.54) is 0 Å². The van der Waals surface area contributed by atoms with Crippen molar-refractivity contribution in [2.75, 3.05) is 0 Å². The van der Waals surface area contributed by atoms with Gasteiger partial charge < -0.3 is 21.9 Å². The molecule has 0 fully saturated rings. The zero-order valence-electron chi connectivity index (χ0n) is 13.5. The minimum absolute atomic E-state index is 0. The molecule has 0 rings (SSSR count). The zero-order valence-corrected chi connectivity index (χ0v) is 13.5. The maximum atomic E-state index is 4.00. The molecule has 8 N–H and O–H groups in total. The van der Waals surface area contributed by atoms with E-state index >= 15 is 0 Å². The Balaban J connectivity index is -0.0000000197. The van der Waals surface area contributed by atoms with Crippen molar-refractivity contribution in [1.82, 2.24) is 0 Å². The van der Waals surface area contributed by atoms with E-state index in [9.17, 15) is 0 Å². The fourth-order valence-electron chi connectivity index (χ4n) is 0. The van der Waals surface area contributed by atoms with E-state index in [1.807, 2.05) is 0 Å². The molecular formula is C12H36B2O4. The van der Waals surface area contributed by atoms with Crippen LogP contribution in [0.15, 0.2) is 0 Å². The van der Waals surface area contributed by atoms with Crippen LogP contribution in [-0.2, 0) is 0 Å². The molecule has 114 valence electrons. The van der Waals surface area contributed by atoms with Crippen molar-refractivity contribution in [1.29, 1.82) is 0 Å². The lowest BCUT2D eigenvalue weighted by atomic mass is 9.81. The van der Waals surface area contributed by atoms with E-state index in [4.69, 9.17) is 0 Å². The van der Waals surface area contributed by atoms with Crippen molar-refractivity contribution in [3.05, 3.63) is 0 Å². The van der Waals surface area contributed by atoms with Gasteiger partial charge in [0.2, 0.25) is 0 Å². The highest BCUT2D eigenvalue weighted by molar-refractivity contribution is 6.75. The van der Waals surface area contributed by atoms with Gasteiger partial charge in [-0.25, -0.2) is 0 Å². The van der Waals surface area contributed by atoms with Gasteiger partial charge in [0.1, 0.15) is 0 Å². The summed E-state index contributed by atoms with van der Waals surface area (Å²) in [6, 6.07) is 0. The Morgan fingerprint density at radius 2 is 0.444 bits per heavy atom. The fraction of sp³-hybridized carbons (Fsp3) is 1.00. The Hall–Kier alpha value is -0.0301. The highest BCUT2D eigenvalue weighted by atomic mass is 16.0. The molecule has 0 saturated heterocycles. The van der Waals surface area contributed by atoms with Gasteiger partial charge in [0.05, 0.1) is 0 Å². The average Bonchev–Trinajstić information content (AvgIpc) is 2.08. The monoisotopic (exact) mass is 266 g/mol. The summed E-state index contributed by atoms with van der Waals surface area (Å²) in [7, 11) is 8.00. The predicted molar refractivity (Wildman–Crippen MR) is 85.3 cm³/mol. The Labute approximate surface area is 117 Å². The third kappa shape index (κ3) is 56.3. The predicted octanol–water partition coefficient (Wildman–Crippen LogP) is 0.536. The summed E-state index contributed by atoms with van der Waals surface area (Å²) in [5, 5.41) is 0. The van der Waals surface area contributed by atoms with Gasteiger partial charge in [-0.05, 0) is 23.7 Å². The molecule has 0 aliphatic rings. The molecule has 0 aromatic carbocycles. The van der Waals surface area contributed by atoms with Crippen LogP contribution >= 0.6 is 0 Å². The van der Waals surface area contributed by atoms with Crippen LogP contribution in [0.4, 0.5) is 0 Å². The SMILES string of the molecule is CC(C)C(C)C.CC(C)C(C)C.O.O.O.O.[B][B]. The molecule has 0 atom stereocenters. The molecule has 18 heavy (non-hydrogen) atoms. The first kappa shape index (κ1) is 43.0. The lowest BCUT2D eigenvalue weighted by Gasteiger charge is -2.05. The van der Waals surface area contributed by atoms with Crippen molar-refractivity contribution in [2.45, 2.75) is 55.4 Å². The highest BCUT2D eigenvalue weighted by Crippen LogP contribution is 2.06. The molecule has 0 aromatic heterocycles. The normalized spacial score (nSPS) is 7.56. The van der Waals surface area contributed by atoms with E-state index in [1.54, 1.807) is 0 Å². The second-order valence-electron chi connectivity index (χ2n) is 4.98. The summed E-state index contributed by atoms with van der Waals surface area (Å²) >= 11 is 0. The van der Waals surface area contributed by atoms with Crippen molar-refractivity contribution < 1.29 is 21.9 Å². The minimum Gasteiger partial charge on any atom is -0.412 e. The lowest BCUT2D eigenvalue weighted by Crippen LogP contribution is -1.95. The molecule has 4 radical (unpaired) electrons. The van der Waals surface area contributed by atoms with Crippen LogP contribution in [0, 0.1) is 23.7 Å². The number of rotatable bonds is 2. The van der Waals surface area contributed by atoms with Gasteiger partial charge in [-0.2, -0.15) is 0 Å². The molecule has 0 saturated carbocycles. The molecule has 6 heteroatoms. The van der Waals surface area contributed by atoms with Gasteiger partial charge in [-0.15, -0.1) is 0 Å². The third-order valence-corrected chi connectivity index (χ3v) is 2.67. The van der Waals surface area contributed by atoms with Gasteiger partial charge in [0, 0.05) is 15.5 Å². The van der Waals surface area contributed by atoms with E-state index in [2.05, 4.69) is 70.9 Å². The summed E-state index contributed by atoms with van der Waals surface area (Å²) in [4.78, 5) is 0. The second kappa shape index (κ2) is 30.2. The van der Waals surface area contributed by atoms with Crippen LogP contribution in [0.25, 0.3) is 0 Å². The molecule has 0 aromatic rings. The molecule has 0 unspecified atom stereocenters. The standard InChI is InChI=1S/2C6H14.B2.4H2O/c2*1-5(2)6(3)4;1-2;;;;/h2*5-6H,1-4H3;;4*1H2. The Morgan fingerprint density at radius 3 is 0.444 bits per heavy atom. The highest BCUT2D eigenvalue weighted by Gasteiger charge is 1.96. The maximum absolute atomic E-state index is 4.00. The summed E-state index contributed by atoms with van der Waals surface area (Å²) in [6.07, 6.45) is 0. The van der Waals surface area contributed by atoms with Crippen LogP contribution in [0.5, 0.6) is 0 Å². The van der Waals surface area contributed by atoms with Gasteiger partial charge in [-0.3, -0.25) is 0 Å². The average molecular weight is 266 g/mol. The molecule has 0 heterocycles. The fourth-order valence-corrected chi connectivity index (χ4v) is 0. The summed E-state index contributed by atoms with van der Waals surface area (Å²) in [5.74, 6) is 3.41. The molecule has 0 spiro atoms. The summed E-state index contributed by atoms with van der Waals surface area (Å²) in [6.45, 7) is 17.9. The first-order chi connectivity index (χ1) is 6.29. The first-order valence-electron chi connectivity index (χ1n) is 5.62. The minimum atomic E-state index is 0. The first-order valence-corrected chi connectivity index (χ1v) is 5.62. The smallest absolute Gasteiger partial charge is 0 e. The van der Waals surface area contributed by atoms with Gasteiger partial charge in [0.15, 0.2) is 0 Å². The van der Waals surface area contributed by atoms with E-state index in [0.29, 0.717) is 0 Å². The Bertz CT molecular complexity index is 76.1. The van der Waals surface area contributed by atoms with Crippen molar-refractivity contribution in [2.24, 2.45) is 23.7 Å². The second-order valence-corrected chi connectivity index (χ2v) is 4.98. The largest absolute Gasteiger partial charge is 0.412 e. The Morgan fingerprint density at radius 1 is 0.389 bits per heavy atom. The van der Waals surface area contributed by atoms with E-state index in [-0.39, 0.29) is 21.9 Å². The van der Waals surface area contributed by atoms with Crippen LogP contribution < -0.4 is 0 Å². The molecule has 0 amide bonds. The van der Waals surface area contributed by atoms with Crippen LogP contribution in [-0.4, -0.2) is 37.4 Å². The van der Waals surface area contributed by atoms with Crippen molar-refractivity contribution in [3.63, 3.8) is 0 Å². The third-order valence-electron chi connectivity index (χ3n) is 2.67. The van der Waals surface area contributed by atoms with Crippen molar-refractivity contribution in [3.8, 4) is 0 Å². The van der Waals surface area contributed by atoms with Gasteiger partial charge in [0.25, 0.3) is 0 Å². The van der Waals surface area contributed by atoms with Gasteiger partial charge >= 0.3 is 0 Å². The summed E-state index contributed by atoms with van der Waals surface area (Å²) in [5.41, 5.74) is 0. The molecule has 0 bridgehead atoms. The molecule has 4 nitrogen and oxygen atoms in total. The lowest BCUT2D eigenvalue weighted by molar-refractivity contribution is 0.457. The van der Waals surface area contributed by atoms with Crippen LogP contribution in [0.2, 0.25) is 0 Å². The Kier molecular flexibility index (Phi) is 72.2. The van der Waals surface area contributed by atoms with Crippen LogP contribution in [0.1, 0.15) is 55.4 Å². The zero-order chi connectivity index (χ0) is 12.3. The van der Waals surface area contributed by atoms with Crippen LogP contribution in [0.3, 0.4) is 0 Å². The number of hydrogen-bond acceptors (Lipinski definition) is 0. The summed E-state index contributed by atoms with van der Waals surface area (Å²) < 4.78 is 0. The molecule has 0 aliphatic heterocycles. The van der Waals surface area contributed by atoms with Gasteiger partial charge in [-0.1, -0.05) is 55.4 Å². The molecule has 0 aliphatic carbocycles. The quantitative estimate of drug-likeness (QED) is 0.646. The van der Waals surface area contributed by atoms with E-state index < -0.39 is 0 Å². The maximum Gasteiger partial charge on any atom is 0 e. The molecular weight excluding hydrogens is 230 g/mol.